The van der Waals surface area contributed by atoms with Crippen LogP contribution in [0.1, 0.15) is 39.5 Å². The zero-order valence-corrected chi connectivity index (χ0v) is 12.6. The molecule has 0 bridgehead atoms. The normalized spacial score (nSPS) is 16.9. The highest BCUT2D eigenvalue weighted by atomic mass is 16.5. The predicted molar refractivity (Wildman–Crippen MR) is 81.2 cm³/mol. The van der Waals surface area contributed by atoms with Crippen LogP contribution in [-0.2, 0) is 0 Å². The maximum Gasteiger partial charge on any atom is 0.225 e. The highest BCUT2D eigenvalue weighted by Crippen LogP contribution is 2.11. The molecular formula is C15H26N4O. The number of hydrogen-bond donors (Lipinski definition) is 1. The third-order valence-electron chi connectivity index (χ3n) is 3.40. The molecule has 1 aromatic heterocycles. The van der Waals surface area contributed by atoms with Crippen LogP contribution in [0.3, 0.4) is 0 Å². The Morgan fingerprint density at radius 1 is 1.25 bits per heavy atom. The van der Waals surface area contributed by atoms with Crippen molar-refractivity contribution in [3.63, 3.8) is 0 Å². The molecule has 1 fully saturated rings. The topological polar surface area (TPSA) is 50.3 Å². The van der Waals surface area contributed by atoms with Crippen molar-refractivity contribution >= 4 is 5.95 Å². The average Bonchev–Trinajstić information content (AvgIpc) is 2.67. The van der Waals surface area contributed by atoms with Gasteiger partial charge in [-0.15, -0.1) is 0 Å². The minimum Gasteiger partial charge on any atom is -0.475 e. The van der Waals surface area contributed by atoms with Gasteiger partial charge in [0.1, 0.15) is 0 Å². The van der Waals surface area contributed by atoms with Gasteiger partial charge in [-0.3, -0.25) is 0 Å². The van der Waals surface area contributed by atoms with Gasteiger partial charge in [0, 0.05) is 25.4 Å². The van der Waals surface area contributed by atoms with Crippen molar-refractivity contribution in [3.05, 3.63) is 12.3 Å². The van der Waals surface area contributed by atoms with Crippen LogP contribution in [0.4, 0.5) is 5.95 Å². The summed E-state index contributed by atoms with van der Waals surface area (Å²) in [5.74, 6) is 1.28. The minimum atomic E-state index is 0.134. The molecule has 1 aromatic rings. The summed E-state index contributed by atoms with van der Waals surface area (Å²) in [6.45, 7) is 8.37. The molecule has 2 rings (SSSR count). The number of ether oxygens (including phenoxy) is 1. The summed E-state index contributed by atoms with van der Waals surface area (Å²) < 4.78 is 5.57. The van der Waals surface area contributed by atoms with Crippen molar-refractivity contribution < 1.29 is 4.74 Å². The van der Waals surface area contributed by atoms with Crippen LogP contribution in [0.25, 0.3) is 0 Å². The van der Waals surface area contributed by atoms with E-state index >= 15 is 0 Å². The fraction of sp³-hybridized carbons (Fsp3) is 0.733. The molecule has 0 atom stereocenters. The number of hydrogen-bond acceptors (Lipinski definition) is 5. The van der Waals surface area contributed by atoms with Gasteiger partial charge in [-0.05, 0) is 39.8 Å². The number of rotatable bonds is 6. The van der Waals surface area contributed by atoms with Crippen LogP contribution in [-0.4, -0.2) is 47.2 Å². The summed E-state index contributed by atoms with van der Waals surface area (Å²) in [5, 5.41) is 3.28. The molecule has 0 spiro atoms. The molecule has 5 heteroatoms. The SMILES string of the molecule is CC(C)Oc1ccnc(NCCN2CCCCCC2)n1. The van der Waals surface area contributed by atoms with Gasteiger partial charge in [0.15, 0.2) is 0 Å². The van der Waals surface area contributed by atoms with Crippen LogP contribution in [0.5, 0.6) is 5.88 Å². The zero-order valence-electron chi connectivity index (χ0n) is 12.6. The average molecular weight is 278 g/mol. The number of likely N-dealkylation sites (tertiary alicyclic amines) is 1. The maximum absolute atomic E-state index is 5.57. The molecule has 0 saturated carbocycles. The first-order chi connectivity index (χ1) is 9.74. The van der Waals surface area contributed by atoms with Crippen molar-refractivity contribution in [3.8, 4) is 5.88 Å². The lowest BCUT2D eigenvalue weighted by Crippen LogP contribution is -2.30. The highest BCUT2D eigenvalue weighted by Gasteiger charge is 2.08. The lowest BCUT2D eigenvalue weighted by molar-refractivity contribution is 0.232. The summed E-state index contributed by atoms with van der Waals surface area (Å²) in [4.78, 5) is 11.1. The molecular weight excluding hydrogens is 252 g/mol. The quantitative estimate of drug-likeness (QED) is 0.866. The first-order valence-corrected chi connectivity index (χ1v) is 7.70. The van der Waals surface area contributed by atoms with Crippen LogP contribution in [0, 0.1) is 0 Å². The molecule has 20 heavy (non-hydrogen) atoms. The van der Waals surface area contributed by atoms with Crippen molar-refractivity contribution in [2.75, 3.05) is 31.5 Å². The van der Waals surface area contributed by atoms with Gasteiger partial charge in [0.05, 0.1) is 6.10 Å². The monoisotopic (exact) mass is 278 g/mol. The fourth-order valence-corrected chi connectivity index (χ4v) is 2.42. The van der Waals surface area contributed by atoms with E-state index < -0.39 is 0 Å². The maximum atomic E-state index is 5.57. The van der Waals surface area contributed by atoms with Gasteiger partial charge in [-0.25, -0.2) is 4.98 Å². The van der Waals surface area contributed by atoms with Gasteiger partial charge in [-0.1, -0.05) is 12.8 Å². The van der Waals surface area contributed by atoms with Crippen molar-refractivity contribution in [2.24, 2.45) is 0 Å². The highest BCUT2D eigenvalue weighted by molar-refractivity contribution is 5.27. The summed E-state index contributed by atoms with van der Waals surface area (Å²) in [5.41, 5.74) is 0. The molecule has 1 saturated heterocycles. The minimum absolute atomic E-state index is 0.134. The number of anilines is 1. The van der Waals surface area contributed by atoms with Crippen molar-refractivity contribution in [2.45, 2.75) is 45.6 Å². The van der Waals surface area contributed by atoms with Crippen LogP contribution >= 0.6 is 0 Å². The Morgan fingerprint density at radius 2 is 2.00 bits per heavy atom. The Kier molecular flexibility index (Phi) is 6.05. The van der Waals surface area contributed by atoms with E-state index in [0.29, 0.717) is 11.8 Å². The van der Waals surface area contributed by atoms with E-state index in [9.17, 15) is 0 Å². The third kappa shape index (κ3) is 5.33. The molecule has 0 amide bonds. The largest absolute Gasteiger partial charge is 0.475 e. The molecule has 0 unspecified atom stereocenters. The van der Waals surface area contributed by atoms with E-state index in [1.54, 1.807) is 12.3 Å². The smallest absolute Gasteiger partial charge is 0.225 e. The van der Waals surface area contributed by atoms with E-state index in [1.807, 2.05) is 13.8 Å². The van der Waals surface area contributed by atoms with Crippen molar-refractivity contribution in [1.29, 1.82) is 0 Å². The molecule has 0 aliphatic carbocycles. The number of nitrogens with one attached hydrogen (secondary N) is 1. The summed E-state index contributed by atoms with van der Waals surface area (Å²) in [6.07, 6.45) is 7.28. The Morgan fingerprint density at radius 3 is 2.70 bits per heavy atom. The fourth-order valence-electron chi connectivity index (χ4n) is 2.42. The third-order valence-corrected chi connectivity index (χ3v) is 3.40. The van der Waals surface area contributed by atoms with E-state index in [1.165, 1.54) is 38.8 Å². The Labute approximate surface area is 121 Å². The standard InChI is InChI=1S/C15H26N4O/c1-13(2)20-14-7-8-16-15(18-14)17-9-12-19-10-5-3-4-6-11-19/h7-8,13H,3-6,9-12H2,1-2H3,(H,16,17,18). The van der Waals surface area contributed by atoms with Gasteiger partial charge in [-0.2, -0.15) is 4.98 Å². The Hall–Kier alpha value is -1.36. The Balaban J connectivity index is 1.75. The lowest BCUT2D eigenvalue weighted by Gasteiger charge is -2.19. The molecule has 2 heterocycles. The summed E-state index contributed by atoms with van der Waals surface area (Å²) >= 11 is 0. The molecule has 1 aliphatic heterocycles. The first kappa shape index (κ1) is 15.0. The molecule has 1 N–H and O–H groups in total. The Bertz CT molecular complexity index is 389. The van der Waals surface area contributed by atoms with Gasteiger partial charge < -0.3 is 15.0 Å². The van der Waals surface area contributed by atoms with E-state index in [2.05, 4.69) is 20.2 Å². The summed E-state index contributed by atoms with van der Waals surface area (Å²) in [6, 6.07) is 1.79. The van der Waals surface area contributed by atoms with Crippen LogP contribution in [0.2, 0.25) is 0 Å². The van der Waals surface area contributed by atoms with Crippen molar-refractivity contribution in [1.82, 2.24) is 14.9 Å². The zero-order chi connectivity index (χ0) is 14.2. The number of aromatic nitrogens is 2. The lowest BCUT2D eigenvalue weighted by atomic mass is 10.2. The molecule has 1 aliphatic rings. The second-order valence-electron chi connectivity index (χ2n) is 5.57. The molecule has 0 radical (unpaired) electrons. The number of nitrogens with zero attached hydrogens (tertiary/aromatic N) is 3. The van der Waals surface area contributed by atoms with E-state index in [-0.39, 0.29) is 6.10 Å². The van der Waals surface area contributed by atoms with Crippen LogP contribution < -0.4 is 10.1 Å². The van der Waals surface area contributed by atoms with E-state index in [4.69, 9.17) is 4.74 Å². The first-order valence-electron chi connectivity index (χ1n) is 7.70. The second-order valence-corrected chi connectivity index (χ2v) is 5.57. The second kappa shape index (κ2) is 8.04. The molecule has 5 nitrogen and oxygen atoms in total. The van der Waals surface area contributed by atoms with E-state index in [0.717, 1.165) is 13.1 Å². The van der Waals surface area contributed by atoms with Gasteiger partial charge >= 0.3 is 0 Å². The molecule has 0 aromatic carbocycles. The van der Waals surface area contributed by atoms with Gasteiger partial charge in [0.25, 0.3) is 0 Å². The predicted octanol–water partition coefficient (Wildman–Crippen LogP) is 2.55. The van der Waals surface area contributed by atoms with Crippen LogP contribution in [0.15, 0.2) is 12.3 Å². The molecule has 112 valence electrons. The summed E-state index contributed by atoms with van der Waals surface area (Å²) in [7, 11) is 0. The van der Waals surface area contributed by atoms with Gasteiger partial charge in [0.2, 0.25) is 11.8 Å².